The van der Waals surface area contributed by atoms with Crippen molar-refractivity contribution in [3.63, 3.8) is 0 Å². The molecule has 0 bridgehead atoms. The van der Waals surface area contributed by atoms with E-state index in [1.807, 2.05) is 18.2 Å². The molecule has 0 radical (unpaired) electrons. The van der Waals surface area contributed by atoms with Crippen LogP contribution in [-0.4, -0.2) is 24.4 Å². The van der Waals surface area contributed by atoms with E-state index < -0.39 is 0 Å². The fraction of sp³-hybridized carbons (Fsp3) is 0.235. The summed E-state index contributed by atoms with van der Waals surface area (Å²) in [7, 11) is 0. The normalized spacial score (nSPS) is 12.1. The molecule has 2 aromatic rings. The van der Waals surface area contributed by atoms with Crippen molar-refractivity contribution in [3.8, 4) is 17.2 Å². The lowest BCUT2D eigenvalue weighted by molar-refractivity contribution is -0.123. The summed E-state index contributed by atoms with van der Waals surface area (Å²) in [5.41, 5.74) is 1.53. The van der Waals surface area contributed by atoms with Crippen LogP contribution in [0.5, 0.6) is 17.2 Å². The van der Waals surface area contributed by atoms with E-state index in [0.29, 0.717) is 29.4 Å². The van der Waals surface area contributed by atoms with E-state index in [1.165, 1.54) is 0 Å². The van der Waals surface area contributed by atoms with Gasteiger partial charge in [0.1, 0.15) is 5.75 Å². The van der Waals surface area contributed by atoms with E-state index in [2.05, 4.69) is 21.2 Å². The minimum atomic E-state index is -0.250. The van der Waals surface area contributed by atoms with E-state index in [0.717, 1.165) is 10.0 Å². The lowest BCUT2D eigenvalue weighted by Crippen LogP contribution is -2.28. The van der Waals surface area contributed by atoms with Crippen molar-refractivity contribution in [2.75, 3.05) is 13.4 Å². The van der Waals surface area contributed by atoms with Gasteiger partial charge < -0.3 is 24.6 Å². The van der Waals surface area contributed by atoms with Crippen LogP contribution in [0.25, 0.3) is 0 Å². The number of hydrogen-bond acceptors (Lipinski definition) is 5. The van der Waals surface area contributed by atoms with E-state index in [-0.39, 0.29) is 25.9 Å². The number of benzene rings is 2. The first-order chi connectivity index (χ1) is 11.7. The van der Waals surface area contributed by atoms with Gasteiger partial charge in [-0.1, -0.05) is 22.0 Å². The number of ether oxygens (including phenoxy) is 3. The van der Waals surface area contributed by atoms with Crippen molar-refractivity contribution in [2.24, 2.45) is 0 Å². The Hall–Kier alpha value is -2.25. The minimum Gasteiger partial charge on any atom is -0.483 e. The fourth-order valence-electron chi connectivity index (χ4n) is 2.26. The number of carbonyl (C=O) groups excluding carboxylic acids is 1. The molecule has 0 aromatic heterocycles. The van der Waals surface area contributed by atoms with Crippen LogP contribution in [0.15, 0.2) is 40.9 Å². The molecule has 7 heteroatoms. The van der Waals surface area contributed by atoms with Gasteiger partial charge in [0.05, 0.1) is 6.61 Å². The molecule has 6 nitrogen and oxygen atoms in total. The highest BCUT2D eigenvalue weighted by atomic mass is 79.9. The Morgan fingerprint density at radius 1 is 1.21 bits per heavy atom. The number of halogens is 1. The zero-order valence-corrected chi connectivity index (χ0v) is 14.3. The number of rotatable bonds is 6. The number of amides is 1. The molecular formula is C17H16BrNO5. The molecule has 1 amide bonds. The molecule has 2 N–H and O–H groups in total. The molecule has 1 aliphatic rings. The van der Waals surface area contributed by atoms with Gasteiger partial charge in [-0.3, -0.25) is 4.79 Å². The first kappa shape index (κ1) is 16.6. The van der Waals surface area contributed by atoms with Gasteiger partial charge in [0.15, 0.2) is 18.1 Å². The lowest BCUT2D eigenvalue weighted by atomic mass is 10.2. The molecule has 1 aliphatic heterocycles. The van der Waals surface area contributed by atoms with Crippen molar-refractivity contribution in [1.29, 1.82) is 0 Å². The standard InChI is InChI=1S/C17H16BrNO5/c18-13-2-4-14(12(6-13)8-20)22-9-17(21)19-7-11-1-3-15-16(5-11)24-10-23-15/h1-6,20H,7-10H2,(H,19,21). The van der Waals surface area contributed by atoms with E-state index in [9.17, 15) is 9.90 Å². The number of nitrogens with one attached hydrogen (secondary N) is 1. The smallest absolute Gasteiger partial charge is 0.258 e. The van der Waals surface area contributed by atoms with Crippen molar-refractivity contribution in [2.45, 2.75) is 13.2 Å². The molecule has 0 atom stereocenters. The number of hydrogen-bond donors (Lipinski definition) is 2. The summed E-state index contributed by atoms with van der Waals surface area (Å²) in [6, 6.07) is 10.8. The second-order valence-electron chi connectivity index (χ2n) is 5.16. The third kappa shape index (κ3) is 3.98. The summed E-state index contributed by atoms with van der Waals surface area (Å²) in [5, 5.41) is 12.1. The average Bonchev–Trinajstić information content (AvgIpc) is 3.06. The number of fused-ring (bicyclic) bond motifs is 1. The Balaban J connectivity index is 1.51. The summed E-state index contributed by atoms with van der Waals surface area (Å²) in [6.07, 6.45) is 0. The molecule has 3 rings (SSSR count). The van der Waals surface area contributed by atoms with Crippen LogP contribution in [0, 0.1) is 0 Å². The summed E-state index contributed by atoms with van der Waals surface area (Å²) >= 11 is 3.32. The van der Waals surface area contributed by atoms with Crippen molar-refractivity contribution in [3.05, 3.63) is 52.0 Å². The fourth-order valence-corrected chi connectivity index (χ4v) is 2.67. The van der Waals surface area contributed by atoms with Gasteiger partial charge in [0.25, 0.3) is 5.91 Å². The van der Waals surface area contributed by atoms with Crippen LogP contribution in [-0.2, 0) is 17.9 Å². The number of carbonyl (C=O) groups is 1. The van der Waals surface area contributed by atoms with Crippen LogP contribution in [0.1, 0.15) is 11.1 Å². The predicted octanol–water partition coefficient (Wildman–Crippen LogP) is 2.37. The van der Waals surface area contributed by atoms with Gasteiger partial charge in [-0.25, -0.2) is 0 Å². The second-order valence-corrected chi connectivity index (χ2v) is 6.08. The number of aliphatic hydroxyl groups is 1. The maximum absolute atomic E-state index is 11.9. The minimum absolute atomic E-state index is 0.126. The molecular weight excluding hydrogens is 378 g/mol. The molecule has 0 aliphatic carbocycles. The van der Waals surface area contributed by atoms with Gasteiger partial charge in [0, 0.05) is 16.6 Å². The molecule has 0 saturated carbocycles. The van der Waals surface area contributed by atoms with Crippen molar-refractivity contribution in [1.82, 2.24) is 5.32 Å². The zero-order chi connectivity index (χ0) is 16.9. The first-order valence-corrected chi connectivity index (χ1v) is 8.12. The Morgan fingerprint density at radius 2 is 2.04 bits per heavy atom. The maximum atomic E-state index is 11.9. The van der Waals surface area contributed by atoms with Gasteiger partial charge in [0.2, 0.25) is 6.79 Å². The third-order valence-corrected chi connectivity index (χ3v) is 3.97. The summed E-state index contributed by atoms with van der Waals surface area (Å²) in [4.78, 5) is 11.9. The quantitative estimate of drug-likeness (QED) is 0.787. The van der Waals surface area contributed by atoms with Gasteiger partial charge in [-0.15, -0.1) is 0 Å². The van der Waals surface area contributed by atoms with E-state index >= 15 is 0 Å². The predicted molar refractivity (Wildman–Crippen MR) is 90.0 cm³/mol. The number of aliphatic hydroxyl groups excluding tert-OH is 1. The summed E-state index contributed by atoms with van der Waals surface area (Å²) in [6.45, 7) is 0.304. The topological polar surface area (TPSA) is 77.0 Å². The van der Waals surface area contributed by atoms with Crippen LogP contribution in [0.2, 0.25) is 0 Å². The Morgan fingerprint density at radius 3 is 2.88 bits per heavy atom. The third-order valence-electron chi connectivity index (χ3n) is 3.48. The maximum Gasteiger partial charge on any atom is 0.258 e. The van der Waals surface area contributed by atoms with Crippen LogP contribution in [0.3, 0.4) is 0 Å². The molecule has 0 unspecified atom stereocenters. The van der Waals surface area contributed by atoms with Gasteiger partial charge in [-0.2, -0.15) is 0 Å². The zero-order valence-electron chi connectivity index (χ0n) is 12.8. The van der Waals surface area contributed by atoms with Crippen molar-refractivity contribution >= 4 is 21.8 Å². The average molecular weight is 394 g/mol. The Bertz CT molecular complexity index is 750. The van der Waals surface area contributed by atoms with E-state index in [4.69, 9.17) is 14.2 Å². The highest BCUT2D eigenvalue weighted by molar-refractivity contribution is 9.10. The summed E-state index contributed by atoms with van der Waals surface area (Å²) < 4.78 is 16.9. The second kappa shape index (κ2) is 7.55. The molecule has 1 heterocycles. The highest BCUT2D eigenvalue weighted by Gasteiger charge is 2.13. The van der Waals surface area contributed by atoms with Crippen molar-refractivity contribution < 1.29 is 24.1 Å². The molecule has 0 spiro atoms. The van der Waals surface area contributed by atoms with Crippen LogP contribution < -0.4 is 19.5 Å². The van der Waals surface area contributed by atoms with Gasteiger partial charge in [-0.05, 0) is 35.9 Å². The molecule has 0 saturated heterocycles. The SMILES string of the molecule is O=C(COc1ccc(Br)cc1CO)NCc1ccc2c(c1)OCO2. The highest BCUT2D eigenvalue weighted by Crippen LogP contribution is 2.32. The summed E-state index contributed by atoms with van der Waals surface area (Å²) in [5.74, 6) is 1.62. The Labute approximate surface area is 147 Å². The van der Waals surface area contributed by atoms with Crippen LogP contribution in [0.4, 0.5) is 0 Å². The first-order valence-electron chi connectivity index (χ1n) is 7.33. The largest absolute Gasteiger partial charge is 0.483 e. The molecule has 2 aromatic carbocycles. The Kier molecular flexibility index (Phi) is 5.22. The molecule has 24 heavy (non-hydrogen) atoms. The molecule has 126 valence electrons. The molecule has 0 fully saturated rings. The van der Waals surface area contributed by atoms with Gasteiger partial charge >= 0.3 is 0 Å². The lowest BCUT2D eigenvalue weighted by Gasteiger charge is -2.11. The van der Waals surface area contributed by atoms with E-state index in [1.54, 1.807) is 18.2 Å². The monoisotopic (exact) mass is 393 g/mol. The van der Waals surface area contributed by atoms with Crippen LogP contribution >= 0.6 is 15.9 Å².